The molecular weight excluding hydrogens is 300 g/mol. The summed E-state index contributed by atoms with van der Waals surface area (Å²) in [6.45, 7) is 6.44. The third-order valence-electron chi connectivity index (χ3n) is 5.04. The number of carbonyl (C=O) groups is 1. The van der Waals surface area contributed by atoms with E-state index in [-0.39, 0.29) is 17.7 Å². The minimum atomic E-state index is -0.890. The standard InChI is InChI=1S/C20H22N2O2/c1-3-11-22-14(2)20(19(21)24,13-15-7-5-4-6-8-15)17-12-16(23)9-10-18(17)22/h3-10,12,14,23H,1,11,13H2,2H3,(H2,21,24). The summed E-state index contributed by atoms with van der Waals surface area (Å²) in [6.07, 6.45) is 2.31. The second-order valence-corrected chi connectivity index (χ2v) is 6.32. The van der Waals surface area contributed by atoms with Crippen molar-refractivity contribution in [3.63, 3.8) is 0 Å². The molecule has 4 heteroatoms. The zero-order valence-corrected chi connectivity index (χ0v) is 13.8. The number of rotatable bonds is 5. The van der Waals surface area contributed by atoms with Crippen LogP contribution >= 0.6 is 0 Å². The third-order valence-corrected chi connectivity index (χ3v) is 5.04. The van der Waals surface area contributed by atoms with E-state index in [1.54, 1.807) is 12.1 Å². The van der Waals surface area contributed by atoms with Crippen LogP contribution in [-0.2, 0) is 16.6 Å². The number of hydrogen-bond acceptors (Lipinski definition) is 3. The van der Waals surface area contributed by atoms with Crippen LogP contribution in [0.3, 0.4) is 0 Å². The van der Waals surface area contributed by atoms with Gasteiger partial charge in [0.2, 0.25) is 5.91 Å². The van der Waals surface area contributed by atoms with Crippen molar-refractivity contribution >= 4 is 11.6 Å². The molecule has 0 saturated heterocycles. The summed E-state index contributed by atoms with van der Waals surface area (Å²) in [7, 11) is 0. The normalized spacial score (nSPS) is 22.2. The maximum absolute atomic E-state index is 12.7. The molecule has 0 bridgehead atoms. The monoisotopic (exact) mass is 322 g/mol. The van der Waals surface area contributed by atoms with Crippen LogP contribution in [0.1, 0.15) is 18.1 Å². The number of aromatic hydroxyl groups is 1. The summed E-state index contributed by atoms with van der Waals surface area (Å²) in [5.41, 5.74) is 7.78. The molecule has 2 atom stereocenters. The summed E-state index contributed by atoms with van der Waals surface area (Å²) in [5.74, 6) is -0.239. The highest BCUT2D eigenvalue weighted by Crippen LogP contribution is 2.48. The number of fused-ring (bicyclic) bond motifs is 1. The molecule has 1 amide bonds. The number of amides is 1. The molecular formula is C20H22N2O2. The van der Waals surface area contributed by atoms with Gasteiger partial charge in [0.15, 0.2) is 0 Å². The minimum Gasteiger partial charge on any atom is -0.508 e. The fourth-order valence-electron chi connectivity index (χ4n) is 3.81. The van der Waals surface area contributed by atoms with Gasteiger partial charge in [0.25, 0.3) is 0 Å². The van der Waals surface area contributed by atoms with E-state index in [0.29, 0.717) is 13.0 Å². The molecule has 4 nitrogen and oxygen atoms in total. The molecule has 24 heavy (non-hydrogen) atoms. The average molecular weight is 322 g/mol. The van der Waals surface area contributed by atoms with Crippen LogP contribution < -0.4 is 10.6 Å². The quantitative estimate of drug-likeness (QED) is 0.832. The largest absolute Gasteiger partial charge is 0.508 e. The molecule has 0 saturated carbocycles. The summed E-state index contributed by atoms with van der Waals surface area (Å²) < 4.78 is 0. The Morgan fingerprint density at radius 1 is 1.33 bits per heavy atom. The third kappa shape index (κ3) is 2.35. The summed E-state index contributed by atoms with van der Waals surface area (Å²) in [4.78, 5) is 14.8. The first-order chi connectivity index (χ1) is 11.5. The summed E-state index contributed by atoms with van der Waals surface area (Å²) in [5, 5.41) is 9.99. The number of nitrogens with two attached hydrogens (primary N) is 1. The zero-order valence-electron chi connectivity index (χ0n) is 13.8. The lowest BCUT2D eigenvalue weighted by molar-refractivity contribution is -0.123. The van der Waals surface area contributed by atoms with Crippen molar-refractivity contribution in [2.75, 3.05) is 11.4 Å². The molecule has 2 unspecified atom stereocenters. The van der Waals surface area contributed by atoms with Gasteiger partial charge in [-0.2, -0.15) is 0 Å². The van der Waals surface area contributed by atoms with E-state index in [9.17, 15) is 9.90 Å². The predicted molar refractivity (Wildman–Crippen MR) is 96.1 cm³/mol. The molecule has 0 aromatic heterocycles. The molecule has 1 aliphatic rings. The SMILES string of the molecule is C=CCN1c2ccc(O)cc2C(Cc2ccccc2)(C(N)=O)C1C. The van der Waals surface area contributed by atoms with Gasteiger partial charge in [-0.3, -0.25) is 4.79 Å². The molecule has 2 aromatic carbocycles. The van der Waals surface area contributed by atoms with Gasteiger partial charge in [-0.15, -0.1) is 6.58 Å². The summed E-state index contributed by atoms with van der Waals surface area (Å²) >= 11 is 0. The molecule has 0 aliphatic carbocycles. The predicted octanol–water partition coefficient (Wildman–Crippen LogP) is 2.75. The van der Waals surface area contributed by atoms with Gasteiger partial charge in [-0.25, -0.2) is 0 Å². The van der Waals surface area contributed by atoms with Crippen LogP contribution in [0.25, 0.3) is 0 Å². The Balaban J connectivity index is 2.19. The average Bonchev–Trinajstić information content (AvgIpc) is 2.79. The van der Waals surface area contributed by atoms with E-state index in [0.717, 1.165) is 16.8 Å². The van der Waals surface area contributed by atoms with Crippen molar-refractivity contribution in [2.45, 2.75) is 24.8 Å². The molecule has 124 valence electrons. The van der Waals surface area contributed by atoms with Crippen molar-refractivity contribution in [3.8, 4) is 5.75 Å². The fourth-order valence-corrected chi connectivity index (χ4v) is 3.81. The number of hydrogen-bond donors (Lipinski definition) is 2. The Bertz CT molecular complexity index is 772. The number of nitrogens with zero attached hydrogens (tertiary/aromatic N) is 1. The first kappa shape index (κ1) is 16.1. The Morgan fingerprint density at radius 3 is 2.67 bits per heavy atom. The fraction of sp³-hybridized carbons (Fsp3) is 0.250. The van der Waals surface area contributed by atoms with Crippen molar-refractivity contribution in [3.05, 3.63) is 72.3 Å². The first-order valence-electron chi connectivity index (χ1n) is 8.05. The van der Waals surface area contributed by atoms with Crippen molar-refractivity contribution < 1.29 is 9.90 Å². The number of phenols is 1. The molecule has 0 radical (unpaired) electrons. The van der Waals surface area contributed by atoms with E-state index in [2.05, 4.69) is 11.5 Å². The highest BCUT2D eigenvalue weighted by atomic mass is 16.3. The lowest BCUT2D eigenvalue weighted by Gasteiger charge is -2.34. The van der Waals surface area contributed by atoms with Gasteiger partial charge in [0.05, 0.1) is 5.41 Å². The summed E-state index contributed by atoms with van der Waals surface area (Å²) in [6, 6.07) is 14.9. The number of benzene rings is 2. The molecule has 2 aromatic rings. The molecule has 1 aliphatic heterocycles. The number of carbonyl (C=O) groups excluding carboxylic acids is 1. The Labute approximate surface area is 142 Å². The first-order valence-corrected chi connectivity index (χ1v) is 8.05. The topological polar surface area (TPSA) is 66.6 Å². The molecule has 3 rings (SSSR count). The van der Waals surface area contributed by atoms with Crippen LogP contribution in [0, 0.1) is 0 Å². The molecule has 3 N–H and O–H groups in total. The van der Waals surface area contributed by atoms with Gasteiger partial charge >= 0.3 is 0 Å². The van der Waals surface area contributed by atoms with Crippen molar-refractivity contribution in [1.82, 2.24) is 0 Å². The number of primary amides is 1. The van der Waals surface area contributed by atoms with Crippen LogP contribution in [0.15, 0.2) is 61.2 Å². The minimum absolute atomic E-state index is 0.134. The van der Waals surface area contributed by atoms with Gasteiger partial charge in [0.1, 0.15) is 5.75 Å². The van der Waals surface area contributed by atoms with Crippen LogP contribution in [0.4, 0.5) is 5.69 Å². The van der Waals surface area contributed by atoms with E-state index >= 15 is 0 Å². The van der Waals surface area contributed by atoms with Crippen LogP contribution in [0.5, 0.6) is 5.75 Å². The highest BCUT2D eigenvalue weighted by Gasteiger charge is 2.52. The van der Waals surface area contributed by atoms with Crippen molar-refractivity contribution in [1.29, 1.82) is 0 Å². The Morgan fingerprint density at radius 2 is 2.04 bits per heavy atom. The van der Waals surface area contributed by atoms with Gasteiger partial charge in [-0.05, 0) is 42.7 Å². The molecule has 0 fully saturated rings. The van der Waals surface area contributed by atoms with E-state index < -0.39 is 5.41 Å². The smallest absolute Gasteiger partial charge is 0.230 e. The van der Waals surface area contributed by atoms with Gasteiger partial charge in [0, 0.05) is 18.3 Å². The number of phenolic OH excluding ortho intramolecular Hbond substituents is 1. The molecule has 1 heterocycles. The zero-order chi connectivity index (χ0) is 17.3. The maximum Gasteiger partial charge on any atom is 0.230 e. The Hall–Kier alpha value is -2.75. The van der Waals surface area contributed by atoms with Crippen molar-refractivity contribution in [2.24, 2.45) is 5.73 Å². The molecule has 0 spiro atoms. The number of anilines is 1. The second kappa shape index (κ2) is 6.04. The van der Waals surface area contributed by atoms with Gasteiger partial charge in [-0.1, -0.05) is 36.4 Å². The maximum atomic E-state index is 12.7. The van der Waals surface area contributed by atoms with Crippen LogP contribution in [0.2, 0.25) is 0 Å². The second-order valence-electron chi connectivity index (χ2n) is 6.32. The lowest BCUT2D eigenvalue weighted by atomic mass is 9.72. The van der Waals surface area contributed by atoms with E-state index in [1.807, 2.05) is 49.4 Å². The highest BCUT2D eigenvalue weighted by molar-refractivity contribution is 5.93. The van der Waals surface area contributed by atoms with Gasteiger partial charge < -0.3 is 15.7 Å². The lowest BCUT2D eigenvalue weighted by Crippen LogP contribution is -2.52. The van der Waals surface area contributed by atoms with E-state index in [1.165, 1.54) is 0 Å². The Kier molecular flexibility index (Phi) is 4.06. The van der Waals surface area contributed by atoms with E-state index in [4.69, 9.17) is 5.73 Å². The van der Waals surface area contributed by atoms with Crippen LogP contribution in [-0.4, -0.2) is 23.6 Å².